The van der Waals surface area contributed by atoms with E-state index in [9.17, 15) is 13.2 Å². The van der Waals surface area contributed by atoms with Gasteiger partial charge in [0.2, 0.25) is 10.0 Å². The molecule has 0 atom stereocenters. The third-order valence-electron chi connectivity index (χ3n) is 2.90. The maximum Gasteiger partial charge on any atom is 0.321 e. The highest BCUT2D eigenvalue weighted by molar-refractivity contribution is 7.89. The lowest BCUT2D eigenvalue weighted by molar-refractivity contribution is -0.141. The van der Waals surface area contributed by atoms with E-state index in [0.29, 0.717) is 5.56 Å². The number of carbonyl (C=O) groups is 1. The molecule has 1 rings (SSSR count). The molecular formula is C13H20N2O4S. The van der Waals surface area contributed by atoms with E-state index in [4.69, 9.17) is 5.73 Å². The monoisotopic (exact) mass is 300 g/mol. The quantitative estimate of drug-likeness (QED) is 0.651. The Morgan fingerprint density at radius 1 is 1.40 bits per heavy atom. The third kappa shape index (κ3) is 3.29. The van der Waals surface area contributed by atoms with Crippen molar-refractivity contribution in [2.45, 2.75) is 31.7 Å². The van der Waals surface area contributed by atoms with Crippen LogP contribution in [0.2, 0.25) is 0 Å². The average Bonchev–Trinajstić information content (AvgIpc) is 2.34. The Balaban J connectivity index is 3.34. The fraction of sp³-hybridized carbons (Fsp3) is 0.462. The number of hydrogen-bond acceptors (Lipinski definition) is 5. The van der Waals surface area contributed by atoms with E-state index < -0.39 is 22.0 Å². The third-order valence-corrected chi connectivity index (χ3v) is 5.14. The summed E-state index contributed by atoms with van der Waals surface area (Å²) in [5.41, 5.74) is 6.50. The molecule has 7 heteroatoms. The van der Waals surface area contributed by atoms with Crippen LogP contribution in [0.3, 0.4) is 0 Å². The maximum absolute atomic E-state index is 12.7. The molecule has 1 aromatic carbocycles. The molecule has 0 saturated heterocycles. The average molecular weight is 300 g/mol. The Kier molecular flexibility index (Phi) is 5.13. The largest absolute Gasteiger partial charge is 0.468 e. The van der Waals surface area contributed by atoms with Gasteiger partial charge in [0.25, 0.3) is 0 Å². The molecule has 112 valence electrons. The minimum atomic E-state index is -3.86. The molecule has 0 bridgehead atoms. The van der Waals surface area contributed by atoms with Crippen LogP contribution in [0.1, 0.15) is 19.4 Å². The molecule has 0 aliphatic heterocycles. The van der Waals surface area contributed by atoms with Crippen molar-refractivity contribution >= 4 is 21.7 Å². The number of nitrogens with zero attached hydrogens (tertiary/aromatic N) is 1. The second-order valence-corrected chi connectivity index (χ2v) is 6.54. The van der Waals surface area contributed by atoms with Gasteiger partial charge in [-0.25, -0.2) is 8.42 Å². The number of methoxy groups -OCH3 is 1. The summed E-state index contributed by atoms with van der Waals surface area (Å²) in [5, 5.41) is 0. The number of ether oxygens (including phenoxy) is 1. The van der Waals surface area contributed by atoms with Crippen molar-refractivity contribution in [1.82, 2.24) is 4.31 Å². The molecule has 0 amide bonds. The first kappa shape index (κ1) is 16.5. The van der Waals surface area contributed by atoms with Crippen molar-refractivity contribution in [1.29, 1.82) is 0 Å². The summed E-state index contributed by atoms with van der Waals surface area (Å²) in [7, 11) is -2.64. The molecule has 0 heterocycles. The molecule has 0 spiro atoms. The van der Waals surface area contributed by atoms with Crippen LogP contribution in [0.5, 0.6) is 0 Å². The zero-order valence-corrected chi connectivity index (χ0v) is 12.9. The fourth-order valence-corrected chi connectivity index (χ4v) is 3.79. The first-order chi connectivity index (χ1) is 9.21. The Morgan fingerprint density at radius 3 is 2.45 bits per heavy atom. The zero-order chi connectivity index (χ0) is 15.5. The highest BCUT2D eigenvalue weighted by Crippen LogP contribution is 2.27. The first-order valence-electron chi connectivity index (χ1n) is 6.15. The summed E-state index contributed by atoms with van der Waals surface area (Å²) >= 11 is 0. The van der Waals surface area contributed by atoms with Crippen LogP contribution < -0.4 is 5.73 Å². The Labute approximate surface area is 119 Å². The Hall–Kier alpha value is -1.60. The van der Waals surface area contributed by atoms with E-state index in [1.807, 2.05) is 0 Å². The van der Waals surface area contributed by atoms with Crippen molar-refractivity contribution in [2.24, 2.45) is 0 Å². The van der Waals surface area contributed by atoms with E-state index >= 15 is 0 Å². The standard InChI is InChI=1S/C13H20N2O4S/c1-9(2)15(8-12(16)19-4)20(17,18)13-10(3)6-5-7-11(13)14/h5-7,9H,8,14H2,1-4H3. The number of nitrogens with two attached hydrogens (primary N) is 1. The summed E-state index contributed by atoms with van der Waals surface area (Å²) < 4.78 is 31.0. The fourth-order valence-electron chi connectivity index (χ4n) is 1.88. The lowest BCUT2D eigenvalue weighted by atomic mass is 10.2. The van der Waals surface area contributed by atoms with Crippen LogP contribution in [0.4, 0.5) is 5.69 Å². The molecule has 1 aromatic rings. The van der Waals surface area contributed by atoms with E-state index in [1.165, 1.54) is 13.2 Å². The van der Waals surface area contributed by atoms with Gasteiger partial charge >= 0.3 is 5.97 Å². The van der Waals surface area contributed by atoms with Gasteiger partial charge < -0.3 is 10.5 Å². The van der Waals surface area contributed by atoms with E-state index in [0.717, 1.165) is 4.31 Å². The van der Waals surface area contributed by atoms with E-state index in [2.05, 4.69) is 4.74 Å². The van der Waals surface area contributed by atoms with E-state index in [1.54, 1.807) is 32.9 Å². The predicted molar refractivity (Wildman–Crippen MR) is 76.6 cm³/mol. The summed E-state index contributed by atoms with van der Waals surface area (Å²) in [5.74, 6) is -0.616. The minimum Gasteiger partial charge on any atom is -0.468 e. The SMILES string of the molecule is COC(=O)CN(C(C)C)S(=O)(=O)c1c(C)cccc1N. The van der Waals surface area contributed by atoms with Crippen LogP contribution >= 0.6 is 0 Å². The molecule has 0 unspecified atom stereocenters. The van der Waals surface area contributed by atoms with Gasteiger partial charge in [-0.3, -0.25) is 4.79 Å². The van der Waals surface area contributed by atoms with Gasteiger partial charge in [-0.15, -0.1) is 0 Å². The van der Waals surface area contributed by atoms with Gasteiger partial charge in [0.15, 0.2) is 0 Å². The van der Waals surface area contributed by atoms with Crippen molar-refractivity contribution in [3.8, 4) is 0 Å². The number of rotatable bonds is 5. The lowest BCUT2D eigenvalue weighted by Crippen LogP contribution is -2.41. The number of carbonyl (C=O) groups excluding carboxylic acids is 1. The normalized spacial score (nSPS) is 11.9. The molecule has 20 heavy (non-hydrogen) atoms. The van der Waals surface area contributed by atoms with Gasteiger partial charge in [-0.1, -0.05) is 12.1 Å². The van der Waals surface area contributed by atoms with Gasteiger partial charge in [0.05, 0.1) is 12.8 Å². The second-order valence-electron chi connectivity index (χ2n) is 4.71. The van der Waals surface area contributed by atoms with Crippen LogP contribution in [-0.4, -0.2) is 38.4 Å². The molecule has 0 aliphatic rings. The molecule has 0 fully saturated rings. The number of aryl methyl sites for hydroxylation is 1. The number of sulfonamides is 1. The topological polar surface area (TPSA) is 89.7 Å². The van der Waals surface area contributed by atoms with Gasteiger partial charge in [-0.05, 0) is 32.4 Å². The number of benzene rings is 1. The maximum atomic E-state index is 12.7. The van der Waals surface area contributed by atoms with Crippen molar-refractivity contribution in [2.75, 3.05) is 19.4 Å². The number of esters is 1. The van der Waals surface area contributed by atoms with E-state index in [-0.39, 0.29) is 17.1 Å². The summed E-state index contributed by atoms with van der Waals surface area (Å²) in [6.07, 6.45) is 0. The summed E-state index contributed by atoms with van der Waals surface area (Å²) in [6.45, 7) is 4.70. The molecular weight excluding hydrogens is 280 g/mol. The minimum absolute atomic E-state index is 0.0394. The zero-order valence-electron chi connectivity index (χ0n) is 12.1. The molecule has 0 aromatic heterocycles. The smallest absolute Gasteiger partial charge is 0.321 e. The highest BCUT2D eigenvalue weighted by Gasteiger charge is 2.32. The van der Waals surface area contributed by atoms with Gasteiger partial charge in [-0.2, -0.15) is 4.31 Å². The van der Waals surface area contributed by atoms with Crippen molar-refractivity contribution in [3.05, 3.63) is 23.8 Å². The Bertz CT molecular complexity index is 576. The molecule has 2 N–H and O–H groups in total. The summed E-state index contributed by atoms with van der Waals surface area (Å²) in [6, 6.07) is 4.48. The highest BCUT2D eigenvalue weighted by atomic mass is 32.2. The first-order valence-corrected chi connectivity index (χ1v) is 7.59. The van der Waals surface area contributed by atoms with Crippen molar-refractivity contribution in [3.63, 3.8) is 0 Å². The van der Waals surface area contributed by atoms with Crippen LogP contribution in [0.25, 0.3) is 0 Å². The van der Waals surface area contributed by atoms with Crippen LogP contribution in [-0.2, 0) is 19.6 Å². The van der Waals surface area contributed by atoms with Crippen LogP contribution in [0.15, 0.2) is 23.1 Å². The van der Waals surface area contributed by atoms with Gasteiger partial charge in [0, 0.05) is 6.04 Å². The molecule has 6 nitrogen and oxygen atoms in total. The lowest BCUT2D eigenvalue weighted by Gasteiger charge is -2.26. The van der Waals surface area contributed by atoms with Gasteiger partial charge in [0.1, 0.15) is 11.4 Å². The molecule has 0 radical (unpaired) electrons. The van der Waals surface area contributed by atoms with Crippen molar-refractivity contribution < 1.29 is 17.9 Å². The second kappa shape index (κ2) is 6.23. The number of nitrogen functional groups attached to an aromatic ring is 1. The molecule has 0 saturated carbocycles. The van der Waals surface area contributed by atoms with Crippen LogP contribution in [0, 0.1) is 6.92 Å². The number of anilines is 1. The number of hydrogen-bond donors (Lipinski definition) is 1. The molecule has 0 aliphatic carbocycles. The predicted octanol–water partition coefficient (Wildman–Crippen LogP) is 1.15. The Morgan fingerprint density at radius 2 is 2.00 bits per heavy atom. The summed E-state index contributed by atoms with van der Waals surface area (Å²) in [4.78, 5) is 11.5.